The summed E-state index contributed by atoms with van der Waals surface area (Å²) in [5, 5.41) is 4.84. The second-order valence-electron chi connectivity index (χ2n) is 3.53. The highest BCUT2D eigenvalue weighted by Gasteiger charge is 2.06. The highest BCUT2D eigenvalue weighted by Crippen LogP contribution is 2.16. The van der Waals surface area contributed by atoms with Gasteiger partial charge in [-0.25, -0.2) is 9.67 Å². The van der Waals surface area contributed by atoms with Crippen LogP contribution in [0.1, 0.15) is 15.6 Å². The molecule has 5 nitrogen and oxygen atoms in total. The van der Waals surface area contributed by atoms with Gasteiger partial charge in [0.15, 0.2) is 0 Å². The highest BCUT2D eigenvalue weighted by atomic mass is 32.1. The number of nitrogen functional groups attached to an aromatic ring is 1. The average Bonchev–Trinajstić information content (AvgIpc) is 2.51. The quantitative estimate of drug-likeness (QED) is 0.842. The Morgan fingerprint density at radius 1 is 1.50 bits per heavy atom. The van der Waals surface area contributed by atoms with E-state index in [9.17, 15) is 4.79 Å². The molecular formula is C10H12N4OS. The van der Waals surface area contributed by atoms with E-state index in [0.717, 1.165) is 10.7 Å². The van der Waals surface area contributed by atoms with Crippen LogP contribution in [0.2, 0.25) is 0 Å². The summed E-state index contributed by atoms with van der Waals surface area (Å²) in [6.07, 6.45) is 1.47. The van der Waals surface area contributed by atoms with Gasteiger partial charge in [0, 0.05) is 10.9 Å². The van der Waals surface area contributed by atoms with E-state index in [4.69, 9.17) is 5.73 Å². The van der Waals surface area contributed by atoms with Crippen molar-refractivity contribution in [2.75, 3.05) is 5.73 Å². The van der Waals surface area contributed by atoms with Crippen molar-refractivity contribution in [1.82, 2.24) is 14.8 Å². The highest BCUT2D eigenvalue weighted by molar-refractivity contribution is 7.11. The maximum atomic E-state index is 11.5. The third kappa shape index (κ3) is 2.11. The summed E-state index contributed by atoms with van der Waals surface area (Å²) in [6.45, 7) is 4.36. The zero-order valence-electron chi connectivity index (χ0n) is 9.10. The molecule has 2 rings (SSSR count). The molecule has 2 N–H and O–H groups in total. The molecule has 0 bridgehead atoms. The van der Waals surface area contributed by atoms with E-state index in [1.165, 1.54) is 21.8 Å². The standard InChI is InChI=1S/C10H12N4OS/c1-6-7(2)16-9(13-6)5-14-10(15)3-8(11)4-12-14/h3-4H,5,11H2,1-2H3. The number of thiazole rings is 1. The minimum absolute atomic E-state index is 0.203. The van der Waals surface area contributed by atoms with E-state index >= 15 is 0 Å². The van der Waals surface area contributed by atoms with Crippen molar-refractivity contribution >= 4 is 17.0 Å². The Kier molecular flexibility index (Phi) is 2.74. The predicted molar refractivity (Wildman–Crippen MR) is 63.6 cm³/mol. The number of nitrogens with two attached hydrogens (primary N) is 1. The predicted octanol–water partition coefficient (Wildman–Crippen LogP) is 0.947. The van der Waals surface area contributed by atoms with E-state index in [-0.39, 0.29) is 5.56 Å². The lowest BCUT2D eigenvalue weighted by Gasteiger charge is -2.00. The smallest absolute Gasteiger partial charge is 0.269 e. The summed E-state index contributed by atoms with van der Waals surface area (Å²) in [5.41, 5.74) is 6.64. The molecule has 0 atom stereocenters. The second kappa shape index (κ2) is 4.05. The molecule has 0 amide bonds. The molecule has 6 heteroatoms. The van der Waals surface area contributed by atoms with Gasteiger partial charge in [-0.3, -0.25) is 4.79 Å². The topological polar surface area (TPSA) is 73.8 Å². The van der Waals surface area contributed by atoms with E-state index in [1.54, 1.807) is 11.3 Å². The Morgan fingerprint density at radius 2 is 2.25 bits per heavy atom. The fourth-order valence-corrected chi connectivity index (χ4v) is 2.22. The molecule has 0 saturated carbocycles. The van der Waals surface area contributed by atoms with E-state index < -0.39 is 0 Å². The molecular weight excluding hydrogens is 224 g/mol. The average molecular weight is 236 g/mol. The summed E-state index contributed by atoms with van der Waals surface area (Å²) < 4.78 is 1.36. The maximum absolute atomic E-state index is 11.5. The van der Waals surface area contributed by atoms with Gasteiger partial charge < -0.3 is 5.73 Å². The van der Waals surface area contributed by atoms with Gasteiger partial charge in [0.1, 0.15) is 5.01 Å². The Morgan fingerprint density at radius 3 is 2.81 bits per heavy atom. The summed E-state index contributed by atoms with van der Waals surface area (Å²) >= 11 is 1.58. The van der Waals surface area contributed by atoms with Crippen LogP contribution in [0.5, 0.6) is 0 Å². The molecule has 16 heavy (non-hydrogen) atoms. The number of nitrogens with zero attached hydrogens (tertiary/aromatic N) is 3. The molecule has 0 spiro atoms. The minimum Gasteiger partial charge on any atom is -0.397 e. The van der Waals surface area contributed by atoms with Crippen LogP contribution in [0.3, 0.4) is 0 Å². The SMILES string of the molecule is Cc1nc(Cn2ncc(N)cc2=O)sc1C. The van der Waals surface area contributed by atoms with Crippen LogP contribution in [0.25, 0.3) is 0 Å². The first kappa shape index (κ1) is 10.8. The molecule has 2 aromatic rings. The van der Waals surface area contributed by atoms with Gasteiger partial charge in [-0.1, -0.05) is 0 Å². The van der Waals surface area contributed by atoms with Crippen molar-refractivity contribution in [2.45, 2.75) is 20.4 Å². The molecule has 0 saturated heterocycles. The number of aryl methyl sites for hydroxylation is 2. The third-order valence-corrected chi connectivity index (χ3v) is 3.31. The molecule has 2 aromatic heterocycles. The van der Waals surface area contributed by atoms with E-state index in [2.05, 4.69) is 10.1 Å². The zero-order valence-corrected chi connectivity index (χ0v) is 9.91. The van der Waals surface area contributed by atoms with Gasteiger partial charge in [0.25, 0.3) is 5.56 Å². The summed E-state index contributed by atoms with van der Waals surface area (Å²) in [6, 6.07) is 1.36. The molecule has 0 aliphatic rings. The minimum atomic E-state index is -0.203. The zero-order chi connectivity index (χ0) is 11.7. The molecule has 0 radical (unpaired) electrons. The fraction of sp³-hybridized carbons (Fsp3) is 0.300. The van der Waals surface area contributed by atoms with Gasteiger partial charge in [-0.15, -0.1) is 11.3 Å². The van der Waals surface area contributed by atoms with Crippen molar-refractivity contribution in [3.63, 3.8) is 0 Å². The number of hydrogen-bond acceptors (Lipinski definition) is 5. The largest absolute Gasteiger partial charge is 0.397 e. The molecule has 2 heterocycles. The van der Waals surface area contributed by atoms with Crippen molar-refractivity contribution in [1.29, 1.82) is 0 Å². The van der Waals surface area contributed by atoms with Gasteiger partial charge >= 0.3 is 0 Å². The van der Waals surface area contributed by atoms with E-state index in [0.29, 0.717) is 12.2 Å². The third-order valence-electron chi connectivity index (χ3n) is 2.25. The lowest BCUT2D eigenvalue weighted by molar-refractivity contribution is 0.637. The first-order valence-electron chi connectivity index (χ1n) is 4.82. The van der Waals surface area contributed by atoms with Crippen LogP contribution < -0.4 is 11.3 Å². The van der Waals surface area contributed by atoms with Gasteiger partial charge in [0.2, 0.25) is 0 Å². The maximum Gasteiger partial charge on any atom is 0.269 e. The van der Waals surface area contributed by atoms with Crippen LogP contribution in [0.15, 0.2) is 17.1 Å². The number of hydrogen-bond donors (Lipinski definition) is 1. The van der Waals surface area contributed by atoms with Crippen molar-refractivity contribution in [3.05, 3.63) is 38.2 Å². The van der Waals surface area contributed by atoms with Gasteiger partial charge in [0.05, 0.1) is 24.1 Å². The molecule has 0 aromatic carbocycles. The van der Waals surface area contributed by atoms with Crippen LogP contribution in [-0.4, -0.2) is 14.8 Å². The number of anilines is 1. The summed E-state index contributed by atoms with van der Waals surface area (Å²) in [4.78, 5) is 17.1. The van der Waals surface area contributed by atoms with Crippen LogP contribution >= 0.6 is 11.3 Å². The van der Waals surface area contributed by atoms with Crippen molar-refractivity contribution in [3.8, 4) is 0 Å². The first-order valence-corrected chi connectivity index (χ1v) is 5.63. The van der Waals surface area contributed by atoms with Crippen LogP contribution in [0.4, 0.5) is 5.69 Å². The Balaban J connectivity index is 2.30. The number of aromatic nitrogens is 3. The van der Waals surface area contributed by atoms with Crippen molar-refractivity contribution < 1.29 is 0 Å². The fourth-order valence-electron chi connectivity index (χ4n) is 1.30. The van der Waals surface area contributed by atoms with Gasteiger partial charge in [-0.2, -0.15) is 5.10 Å². The van der Waals surface area contributed by atoms with E-state index in [1.807, 2.05) is 13.8 Å². The van der Waals surface area contributed by atoms with Crippen molar-refractivity contribution in [2.24, 2.45) is 0 Å². The molecule has 84 valence electrons. The summed E-state index contributed by atoms with van der Waals surface area (Å²) in [5.74, 6) is 0. The van der Waals surface area contributed by atoms with Crippen LogP contribution in [-0.2, 0) is 6.54 Å². The molecule has 0 fully saturated rings. The lowest BCUT2D eigenvalue weighted by atomic mass is 10.4. The first-order chi connectivity index (χ1) is 7.56. The normalized spacial score (nSPS) is 10.6. The molecule has 0 aliphatic heterocycles. The lowest BCUT2D eigenvalue weighted by Crippen LogP contribution is -2.22. The van der Waals surface area contributed by atoms with Gasteiger partial charge in [-0.05, 0) is 13.8 Å². The Labute approximate surface area is 96.6 Å². The summed E-state index contributed by atoms with van der Waals surface area (Å²) in [7, 11) is 0. The monoisotopic (exact) mass is 236 g/mol. The Bertz CT molecular complexity index is 553. The Hall–Kier alpha value is -1.69. The molecule has 0 aliphatic carbocycles. The van der Waals surface area contributed by atoms with Crippen LogP contribution in [0, 0.1) is 13.8 Å². The molecule has 0 unspecified atom stereocenters. The second-order valence-corrected chi connectivity index (χ2v) is 4.82. The number of rotatable bonds is 2.